The zero-order valence-electron chi connectivity index (χ0n) is 17.4. The average Bonchev–Trinajstić information content (AvgIpc) is 3.50. The Hall–Kier alpha value is -3.09. The molecule has 31 heavy (non-hydrogen) atoms. The van der Waals surface area contributed by atoms with E-state index in [0.717, 1.165) is 61.9 Å². The van der Waals surface area contributed by atoms with Gasteiger partial charge in [-0.25, -0.2) is 0 Å². The number of pyridine rings is 1. The Labute approximate surface area is 181 Å². The second-order valence-electron chi connectivity index (χ2n) is 8.85. The quantitative estimate of drug-likeness (QED) is 0.642. The molecule has 6 rings (SSSR count). The molecule has 0 N–H and O–H groups in total. The number of hydrogen-bond donors (Lipinski definition) is 0. The number of nitrogens with zero attached hydrogens (tertiary/aromatic N) is 4. The monoisotopic (exact) mass is 418 g/mol. The lowest BCUT2D eigenvalue weighted by Crippen LogP contribution is -2.55. The van der Waals surface area contributed by atoms with Crippen LogP contribution in [0.2, 0.25) is 0 Å². The number of aromatic nitrogens is 2. The van der Waals surface area contributed by atoms with Crippen molar-refractivity contribution < 1.29 is 13.9 Å². The molecule has 2 bridgehead atoms. The molecule has 0 radical (unpaired) electrons. The summed E-state index contributed by atoms with van der Waals surface area (Å²) in [6.07, 6.45) is 9.35. The molecule has 3 atom stereocenters. The standard InChI is InChI=1S/C24H26N4O3/c29-23(21-7-4-12-27(21)24-26-20-6-1-2-8-22(20)31-24)28-16-9-10-17(28)14-19(13-16)30-18-5-3-11-25-15-18/h1-3,5-6,8,11,15-17,19,21H,4,7,9-10,12-14H2. The molecule has 0 saturated carbocycles. The fourth-order valence-corrected chi connectivity index (χ4v) is 5.60. The zero-order chi connectivity index (χ0) is 20.8. The van der Waals surface area contributed by atoms with Crippen LogP contribution < -0.4 is 9.64 Å². The molecule has 7 heteroatoms. The van der Waals surface area contributed by atoms with Gasteiger partial charge < -0.3 is 19.0 Å². The summed E-state index contributed by atoms with van der Waals surface area (Å²) in [4.78, 5) is 26.7. The normalized spacial score (nSPS) is 27.7. The van der Waals surface area contributed by atoms with Crippen molar-refractivity contribution in [2.45, 2.75) is 62.8 Å². The van der Waals surface area contributed by atoms with Crippen molar-refractivity contribution in [3.8, 4) is 5.75 Å². The van der Waals surface area contributed by atoms with E-state index in [2.05, 4.69) is 19.8 Å². The molecule has 3 aliphatic rings. The minimum Gasteiger partial charge on any atom is -0.489 e. The summed E-state index contributed by atoms with van der Waals surface area (Å²) in [5.41, 5.74) is 1.60. The van der Waals surface area contributed by atoms with Crippen molar-refractivity contribution in [3.05, 3.63) is 48.8 Å². The molecule has 1 amide bonds. The van der Waals surface area contributed by atoms with Crippen LogP contribution in [0.1, 0.15) is 38.5 Å². The van der Waals surface area contributed by atoms with Crippen LogP contribution in [-0.2, 0) is 4.79 Å². The summed E-state index contributed by atoms with van der Waals surface area (Å²) in [7, 11) is 0. The Kier molecular flexibility index (Phi) is 4.55. The number of ether oxygens (including phenoxy) is 1. The molecule has 2 aromatic heterocycles. The van der Waals surface area contributed by atoms with Crippen LogP contribution in [0.3, 0.4) is 0 Å². The number of piperidine rings is 1. The fourth-order valence-electron chi connectivity index (χ4n) is 5.60. The fraction of sp³-hybridized carbons (Fsp3) is 0.458. The number of amides is 1. The Morgan fingerprint density at radius 3 is 2.68 bits per heavy atom. The molecule has 3 aromatic rings. The predicted molar refractivity (Wildman–Crippen MR) is 116 cm³/mol. The molecule has 3 aliphatic heterocycles. The van der Waals surface area contributed by atoms with Crippen LogP contribution >= 0.6 is 0 Å². The van der Waals surface area contributed by atoms with Gasteiger partial charge >= 0.3 is 0 Å². The van der Waals surface area contributed by atoms with Crippen molar-refractivity contribution in [2.24, 2.45) is 0 Å². The van der Waals surface area contributed by atoms with Crippen LogP contribution in [0, 0.1) is 0 Å². The van der Waals surface area contributed by atoms with Crippen LogP contribution in [0.25, 0.3) is 11.1 Å². The highest BCUT2D eigenvalue weighted by Gasteiger charge is 2.47. The number of benzene rings is 1. The van der Waals surface area contributed by atoms with E-state index in [4.69, 9.17) is 9.15 Å². The van der Waals surface area contributed by atoms with E-state index in [1.54, 1.807) is 12.4 Å². The smallest absolute Gasteiger partial charge is 0.299 e. The maximum atomic E-state index is 13.7. The van der Waals surface area contributed by atoms with Gasteiger partial charge in [0.05, 0.1) is 6.20 Å². The van der Waals surface area contributed by atoms with E-state index in [1.807, 2.05) is 36.4 Å². The molecule has 0 aliphatic carbocycles. The number of fused-ring (bicyclic) bond motifs is 3. The maximum Gasteiger partial charge on any atom is 0.299 e. The number of para-hydroxylation sites is 2. The van der Waals surface area contributed by atoms with Crippen LogP contribution in [-0.4, -0.2) is 51.5 Å². The molecule has 5 heterocycles. The van der Waals surface area contributed by atoms with Crippen LogP contribution in [0.4, 0.5) is 6.01 Å². The lowest BCUT2D eigenvalue weighted by atomic mass is 9.98. The second-order valence-corrected chi connectivity index (χ2v) is 8.85. The van der Waals surface area contributed by atoms with Gasteiger partial charge in [0.2, 0.25) is 5.91 Å². The Morgan fingerprint density at radius 2 is 1.90 bits per heavy atom. The van der Waals surface area contributed by atoms with Gasteiger partial charge in [-0.3, -0.25) is 9.78 Å². The number of carbonyl (C=O) groups excluding carboxylic acids is 1. The van der Waals surface area contributed by atoms with Gasteiger partial charge in [0.25, 0.3) is 6.01 Å². The third-order valence-corrected chi connectivity index (χ3v) is 6.95. The van der Waals surface area contributed by atoms with Gasteiger partial charge in [-0.1, -0.05) is 12.1 Å². The zero-order valence-corrected chi connectivity index (χ0v) is 17.4. The average molecular weight is 418 g/mol. The SMILES string of the molecule is O=C(C1CCCN1c1nc2ccccc2o1)N1C2CCC1CC(Oc1cccnc1)C2. The summed E-state index contributed by atoms with van der Waals surface area (Å²) in [6, 6.07) is 12.5. The number of oxazole rings is 1. The lowest BCUT2D eigenvalue weighted by Gasteiger charge is -2.41. The number of hydrogen-bond acceptors (Lipinski definition) is 6. The van der Waals surface area contributed by atoms with E-state index in [9.17, 15) is 4.79 Å². The minimum atomic E-state index is -0.188. The Bertz CT molecular complexity index is 1040. The van der Waals surface area contributed by atoms with Crippen molar-refractivity contribution in [1.82, 2.24) is 14.9 Å². The topological polar surface area (TPSA) is 71.7 Å². The van der Waals surface area contributed by atoms with E-state index >= 15 is 0 Å². The van der Waals surface area contributed by atoms with Crippen LogP contribution in [0.5, 0.6) is 5.75 Å². The highest BCUT2D eigenvalue weighted by atomic mass is 16.5. The Morgan fingerprint density at radius 1 is 1.06 bits per heavy atom. The van der Waals surface area contributed by atoms with Crippen molar-refractivity contribution >= 4 is 23.0 Å². The van der Waals surface area contributed by atoms with Gasteiger partial charge in [0.15, 0.2) is 5.58 Å². The third-order valence-electron chi connectivity index (χ3n) is 6.95. The van der Waals surface area contributed by atoms with E-state index in [1.165, 1.54) is 0 Å². The first-order valence-electron chi connectivity index (χ1n) is 11.3. The summed E-state index contributed by atoms with van der Waals surface area (Å²) >= 11 is 0. The van der Waals surface area contributed by atoms with E-state index in [0.29, 0.717) is 6.01 Å². The molecule has 3 fully saturated rings. The molecule has 0 spiro atoms. The first-order chi connectivity index (χ1) is 15.3. The summed E-state index contributed by atoms with van der Waals surface area (Å²) in [5.74, 6) is 1.04. The lowest BCUT2D eigenvalue weighted by molar-refractivity contribution is -0.138. The van der Waals surface area contributed by atoms with E-state index < -0.39 is 0 Å². The molecule has 7 nitrogen and oxygen atoms in total. The number of rotatable bonds is 4. The predicted octanol–water partition coefficient (Wildman–Crippen LogP) is 3.79. The molecule has 3 unspecified atom stereocenters. The Balaban J connectivity index is 1.19. The summed E-state index contributed by atoms with van der Waals surface area (Å²) in [6.45, 7) is 0.805. The number of carbonyl (C=O) groups is 1. The molecule has 160 valence electrons. The highest BCUT2D eigenvalue weighted by molar-refractivity contribution is 5.87. The van der Waals surface area contributed by atoms with Gasteiger partial charge in [-0.05, 0) is 49.9 Å². The van der Waals surface area contributed by atoms with Crippen molar-refractivity contribution in [3.63, 3.8) is 0 Å². The minimum absolute atomic E-state index is 0.141. The largest absolute Gasteiger partial charge is 0.489 e. The molecular formula is C24H26N4O3. The van der Waals surface area contributed by atoms with E-state index in [-0.39, 0.29) is 30.1 Å². The maximum absolute atomic E-state index is 13.7. The molecule has 1 aromatic carbocycles. The van der Waals surface area contributed by atoms with Gasteiger partial charge in [-0.2, -0.15) is 4.98 Å². The highest BCUT2D eigenvalue weighted by Crippen LogP contribution is 2.39. The van der Waals surface area contributed by atoms with Crippen LogP contribution in [0.15, 0.2) is 53.2 Å². The van der Waals surface area contributed by atoms with Gasteiger partial charge in [0, 0.05) is 37.7 Å². The van der Waals surface area contributed by atoms with Crippen molar-refractivity contribution in [1.29, 1.82) is 0 Å². The second kappa shape index (κ2) is 7.55. The van der Waals surface area contributed by atoms with Gasteiger partial charge in [-0.15, -0.1) is 0 Å². The summed E-state index contributed by atoms with van der Waals surface area (Å²) < 4.78 is 12.2. The van der Waals surface area contributed by atoms with Gasteiger partial charge in [0.1, 0.15) is 23.4 Å². The first kappa shape index (κ1) is 18.7. The summed E-state index contributed by atoms with van der Waals surface area (Å²) in [5, 5.41) is 0. The third kappa shape index (κ3) is 3.32. The number of anilines is 1. The van der Waals surface area contributed by atoms with Crippen molar-refractivity contribution in [2.75, 3.05) is 11.4 Å². The molecular weight excluding hydrogens is 392 g/mol. The first-order valence-corrected chi connectivity index (χ1v) is 11.3. The molecule has 3 saturated heterocycles.